The lowest BCUT2D eigenvalue weighted by Gasteiger charge is -2.17. The quantitative estimate of drug-likeness (QED) is 0.461. The molecule has 0 N–H and O–H groups in total. The van der Waals surface area contributed by atoms with E-state index in [1.54, 1.807) is 19.3 Å². The Bertz CT molecular complexity index is 732. The fraction of sp³-hybridized carbons (Fsp3) is 0.333. The van der Waals surface area contributed by atoms with Crippen LogP contribution in [0.2, 0.25) is 0 Å². The number of carbonyl (C=O) groups is 2. The first-order chi connectivity index (χ1) is 11.9. The Balaban J connectivity index is 2.35. The molecule has 1 fully saturated rings. The second-order valence-electron chi connectivity index (χ2n) is 5.45. The molecule has 0 saturated carbocycles. The summed E-state index contributed by atoms with van der Waals surface area (Å²) in [5.74, 6) is 0.866. The molecule has 7 heteroatoms. The highest BCUT2D eigenvalue weighted by atomic mass is 79.9. The number of nitrogens with zero attached hydrogens (tertiary/aromatic N) is 1. The first-order valence-corrected chi connectivity index (χ1v) is 9.42. The first kappa shape index (κ1) is 19.6. The maximum Gasteiger partial charge on any atom is 0.293 e. The number of hydrogen-bond acceptors (Lipinski definition) is 5. The number of methoxy groups -OCH3 is 1. The zero-order valence-electron chi connectivity index (χ0n) is 14.4. The highest BCUT2D eigenvalue weighted by Crippen LogP contribution is 2.39. The summed E-state index contributed by atoms with van der Waals surface area (Å²) in [5, 5.41) is -0.293. The van der Waals surface area contributed by atoms with Crippen molar-refractivity contribution >= 4 is 44.9 Å². The number of rotatable bonds is 7. The number of benzene rings is 1. The average molecular weight is 426 g/mol. The standard InChI is InChI=1S/C18H20BrNO4S/c1-5-7-20-17(21)15(25-18(20)22)10-12-8-13(19)16(14(9-12)23-4)24-11(3)6-2/h5,8-11H,1,6-7H2,2-4H3/b15-10+. The Hall–Kier alpha value is -1.73. The van der Waals surface area contributed by atoms with Crippen LogP contribution in [0.25, 0.3) is 6.08 Å². The summed E-state index contributed by atoms with van der Waals surface area (Å²) in [5.41, 5.74) is 0.740. The molecular formula is C18H20BrNO4S. The van der Waals surface area contributed by atoms with E-state index in [2.05, 4.69) is 22.5 Å². The summed E-state index contributed by atoms with van der Waals surface area (Å²) in [7, 11) is 1.56. The van der Waals surface area contributed by atoms with Crippen molar-refractivity contribution in [1.29, 1.82) is 0 Å². The minimum Gasteiger partial charge on any atom is -0.493 e. The number of imide groups is 1. The zero-order chi connectivity index (χ0) is 18.6. The van der Waals surface area contributed by atoms with E-state index in [1.165, 1.54) is 6.08 Å². The van der Waals surface area contributed by atoms with Gasteiger partial charge in [0.15, 0.2) is 11.5 Å². The molecule has 1 unspecified atom stereocenters. The van der Waals surface area contributed by atoms with Gasteiger partial charge in [0.1, 0.15) is 0 Å². The highest BCUT2D eigenvalue weighted by molar-refractivity contribution is 9.10. The van der Waals surface area contributed by atoms with Gasteiger partial charge in [-0.25, -0.2) is 0 Å². The van der Waals surface area contributed by atoms with E-state index in [0.29, 0.717) is 16.4 Å². The smallest absolute Gasteiger partial charge is 0.293 e. The topological polar surface area (TPSA) is 55.8 Å². The van der Waals surface area contributed by atoms with E-state index >= 15 is 0 Å². The van der Waals surface area contributed by atoms with Gasteiger partial charge in [0.2, 0.25) is 0 Å². The number of carbonyl (C=O) groups excluding carboxylic acids is 2. The normalized spacial score (nSPS) is 17.1. The SMILES string of the molecule is C=CCN1C(=O)S/C(=C/c2cc(Br)c(OC(C)CC)c(OC)c2)C1=O. The summed E-state index contributed by atoms with van der Waals surface area (Å²) < 4.78 is 12.0. The molecule has 0 radical (unpaired) electrons. The molecule has 1 atom stereocenters. The van der Waals surface area contributed by atoms with Crippen LogP contribution in [0.4, 0.5) is 4.79 Å². The molecule has 0 spiro atoms. The van der Waals surface area contributed by atoms with Crippen molar-refractivity contribution < 1.29 is 19.1 Å². The number of thioether (sulfide) groups is 1. The van der Waals surface area contributed by atoms with Gasteiger partial charge in [0.25, 0.3) is 11.1 Å². The van der Waals surface area contributed by atoms with Crippen molar-refractivity contribution in [2.24, 2.45) is 0 Å². The van der Waals surface area contributed by atoms with Gasteiger partial charge in [0.05, 0.1) is 22.6 Å². The van der Waals surface area contributed by atoms with E-state index in [-0.39, 0.29) is 23.8 Å². The first-order valence-electron chi connectivity index (χ1n) is 7.81. The van der Waals surface area contributed by atoms with Gasteiger partial charge in [-0.05, 0) is 64.8 Å². The third kappa shape index (κ3) is 4.46. The monoisotopic (exact) mass is 425 g/mol. The molecule has 0 aliphatic carbocycles. The van der Waals surface area contributed by atoms with Crippen LogP contribution < -0.4 is 9.47 Å². The summed E-state index contributed by atoms with van der Waals surface area (Å²) in [6.07, 6.45) is 4.12. The van der Waals surface area contributed by atoms with Crippen LogP contribution in [0.5, 0.6) is 11.5 Å². The zero-order valence-corrected chi connectivity index (χ0v) is 16.8. The van der Waals surface area contributed by atoms with Crippen molar-refractivity contribution in [2.75, 3.05) is 13.7 Å². The third-order valence-corrected chi connectivity index (χ3v) is 5.13. The summed E-state index contributed by atoms with van der Waals surface area (Å²) >= 11 is 4.41. The summed E-state index contributed by atoms with van der Waals surface area (Å²) in [6, 6.07) is 3.62. The van der Waals surface area contributed by atoms with Crippen molar-refractivity contribution in [2.45, 2.75) is 26.4 Å². The lowest BCUT2D eigenvalue weighted by molar-refractivity contribution is -0.122. The van der Waals surface area contributed by atoms with Gasteiger partial charge >= 0.3 is 0 Å². The van der Waals surface area contributed by atoms with E-state index < -0.39 is 0 Å². The Labute approximate surface area is 160 Å². The molecule has 1 saturated heterocycles. The van der Waals surface area contributed by atoms with E-state index in [9.17, 15) is 9.59 Å². The second kappa shape index (κ2) is 8.58. The van der Waals surface area contributed by atoms with Gasteiger partial charge in [-0.15, -0.1) is 6.58 Å². The second-order valence-corrected chi connectivity index (χ2v) is 7.30. The van der Waals surface area contributed by atoms with Crippen LogP contribution in [0.15, 0.2) is 34.2 Å². The molecule has 1 aliphatic heterocycles. The van der Waals surface area contributed by atoms with Crippen LogP contribution in [0.1, 0.15) is 25.8 Å². The maximum atomic E-state index is 12.3. The number of halogens is 1. The molecular weight excluding hydrogens is 406 g/mol. The van der Waals surface area contributed by atoms with Crippen molar-refractivity contribution in [3.8, 4) is 11.5 Å². The predicted octanol–water partition coefficient (Wildman–Crippen LogP) is 4.86. The minimum absolute atomic E-state index is 0.0476. The number of hydrogen-bond donors (Lipinski definition) is 0. The van der Waals surface area contributed by atoms with Gasteiger partial charge in [-0.1, -0.05) is 13.0 Å². The predicted molar refractivity (Wildman–Crippen MR) is 104 cm³/mol. The van der Waals surface area contributed by atoms with Crippen LogP contribution in [-0.4, -0.2) is 35.8 Å². The molecule has 0 bridgehead atoms. The summed E-state index contributed by atoms with van der Waals surface area (Å²) in [6.45, 7) is 7.79. The van der Waals surface area contributed by atoms with E-state index in [1.807, 2.05) is 19.9 Å². The Morgan fingerprint density at radius 2 is 2.12 bits per heavy atom. The van der Waals surface area contributed by atoms with E-state index in [4.69, 9.17) is 9.47 Å². The maximum absolute atomic E-state index is 12.3. The lowest BCUT2D eigenvalue weighted by atomic mass is 10.1. The Morgan fingerprint density at radius 1 is 1.40 bits per heavy atom. The molecule has 5 nitrogen and oxygen atoms in total. The summed E-state index contributed by atoms with van der Waals surface area (Å²) in [4.78, 5) is 25.7. The molecule has 2 amide bonds. The average Bonchev–Trinajstić information content (AvgIpc) is 2.84. The fourth-order valence-corrected chi connectivity index (χ4v) is 3.56. The van der Waals surface area contributed by atoms with Gasteiger partial charge in [-0.3, -0.25) is 14.5 Å². The minimum atomic E-state index is -0.315. The van der Waals surface area contributed by atoms with Gasteiger partial charge < -0.3 is 9.47 Å². The van der Waals surface area contributed by atoms with Crippen molar-refractivity contribution in [1.82, 2.24) is 4.90 Å². The van der Waals surface area contributed by atoms with E-state index in [0.717, 1.165) is 33.1 Å². The molecule has 0 aromatic heterocycles. The van der Waals surface area contributed by atoms with Crippen LogP contribution in [-0.2, 0) is 4.79 Å². The van der Waals surface area contributed by atoms with Crippen LogP contribution in [0.3, 0.4) is 0 Å². The highest BCUT2D eigenvalue weighted by Gasteiger charge is 2.34. The van der Waals surface area contributed by atoms with Crippen LogP contribution in [0, 0.1) is 0 Å². The largest absolute Gasteiger partial charge is 0.493 e. The fourth-order valence-electron chi connectivity index (χ4n) is 2.16. The van der Waals surface area contributed by atoms with Gasteiger partial charge in [0, 0.05) is 6.54 Å². The number of ether oxygens (including phenoxy) is 2. The molecule has 25 heavy (non-hydrogen) atoms. The molecule has 1 heterocycles. The number of amides is 2. The van der Waals surface area contributed by atoms with Crippen molar-refractivity contribution in [3.05, 3.63) is 39.7 Å². The molecule has 1 aliphatic rings. The van der Waals surface area contributed by atoms with Gasteiger partial charge in [-0.2, -0.15) is 0 Å². The molecule has 2 rings (SSSR count). The molecule has 1 aromatic carbocycles. The Morgan fingerprint density at radius 3 is 2.72 bits per heavy atom. The molecule has 1 aromatic rings. The molecule has 134 valence electrons. The Kier molecular flexibility index (Phi) is 6.72. The lowest BCUT2D eigenvalue weighted by Crippen LogP contribution is -2.27. The van der Waals surface area contributed by atoms with Crippen LogP contribution >= 0.6 is 27.7 Å². The third-order valence-electron chi connectivity index (χ3n) is 3.63. The van der Waals surface area contributed by atoms with Crippen molar-refractivity contribution in [3.63, 3.8) is 0 Å².